The minimum absolute atomic E-state index is 0.0740. The topological polar surface area (TPSA) is 74.8 Å². The van der Waals surface area contributed by atoms with Crippen LogP contribution in [0.15, 0.2) is 102 Å². The molecule has 1 unspecified atom stereocenters. The number of imide groups is 1. The van der Waals surface area contributed by atoms with Crippen molar-refractivity contribution >= 4 is 38.3 Å². The smallest absolute Gasteiger partial charge is 0.252 e. The number of fused-ring (bicyclic) bond motifs is 1. The monoisotopic (exact) mass is 498 g/mol. The van der Waals surface area contributed by atoms with Crippen LogP contribution in [0.5, 0.6) is 0 Å². The van der Waals surface area contributed by atoms with Gasteiger partial charge in [-0.05, 0) is 53.9 Å². The maximum absolute atomic E-state index is 14.0. The molecule has 1 aliphatic rings. The van der Waals surface area contributed by atoms with Crippen LogP contribution in [-0.4, -0.2) is 37.1 Å². The van der Waals surface area contributed by atoms with Crippen LogP contribution in [0.1, 0.15) is 17.5 Å². The lowest BCUT2D eigenvalue weighted by atomic mass is 10.1. The van der Waals surface area contributed by atoms with E-state index in [1.165, 1.54) is 4.31 Å². The zero-order valence-corrected chi connectivity index (χ0v) is 20.7. The maximum Gasteiger partial charge on any atom is 0.252 e. The van der Waals surface area contributed by atoms with Gasteiger partial charge in [0, 0.05) is 6.54 Å². The molecule has 182 valence electrons. The average molecular weight is 499 g/mol. The number of rotatable bonds is 7. The second-order valence-electron chi connectivity index (χ2n) is 8.98. The first kappa shape index (κ1) is 23.9. The van der Waals surface area contributed by atoms with Crippen LogP contribution < -0.4 is 4.90 Å². The Morgan fingerprint density at radius 1 is 0.833 bits per heavy atom. The molecule has 1 fully saturated rings. The molecular formula is C29H26N2O4S. The molecule has 7 heteroatoms. The molecule has 36 heavy (non-hydrogen) atoms. The number of nitrogens with zero attached hydrogens (tertiary/aromatic N) is 2. The van der Waals surface area contributed by atoms with Gasteiger partial charge in [0.15, 0.2) is 0 Å². The fourth-order valence-electron chi connectivity index (χ4n) is 4.60. The minimum atomic E-state index is -4.08. The number of benzene rings is 4. The summed E-state index contributed by atoms with van der Waals surface area (Å²) in [6.07, 6.45) is 0.213. The maximum atomic E-state index is 14.0. The lowest BCUT2D eigenvalue weighted by Crippen LogP contribution is -2.46. The highest BCUT2D eigenvalue weighted by Gasteiger charge is 2.46. The molecule has 2 amide bonds. The fraction of sp³-hybridized carbons (Fsp3) is 0.172. The van der Waals surface area contributed by atoms with Gasteiger partial charge in [-0.15, -0.1) is 0 Å². The molecule has 0 spiro atoms. The lowest BCUT2D eigenvalue weighted by molar-refractivity contribution is -0.122. The van der Waals surface area contributed by atoms with Gasteiger partial charge in [-0.2, -0.15) is 4.31 Å². The van der Waals surface area contributed by atoms with E-state index in [1.807, 2.05) is 73.7 Å². The SMILES string of the molecule is Cc1ccc(N2C(=O)CC(N(CCc3ccccc3)S(=O)(=O)c3ccc4ccccc4c3)C2=O)cc1. The predicted octanol–water partition coefficient (Wildman–Crippen LogP) is 4.71. The zero-order valence-electron chi connectivity index (χ0n) is 19.9. The van der Waals surface area contributed by atoms with E-state index in [-0.39, 0.29) is 17.9 Å². The molecular weight excluding hydrogens is 472 g/mol. The summed E-state index contributed by atoms with van der Waals surface area (Å²) >= 11 is 0. The minimum Gasteiger partial charge on any atom is -0.274 e. The first-order chi connectivity index (χ1) is 17.3. The summed E-state index contributed by atoms with van der Waals surface area (Å²) in [5, 5.41) is 1.71. The summed E-state index contributed by atoms with van der Waals surface area (Å²) in [7, 11) is -4.08. The first-order valence-electron chi connectivity index (χ1n) is 11.8. The molecule has 0 bridgehead atoms. The van der Waals surface area contributed by atoms with E-state index >= 15 is 0 Å². The molecule has 0 radical (unpaired) electrons. The number of hydrogen-bond donors (Lipinski definition) is 0. The molecule has 6 nitrogen and oxygen atoms in total. The normalized spacial score (nSPS) is 16.3. The summed E-state index contributed by atoms with van der Waals surface area (Å²) in [6.45, 7) is 1.99. The van der Waals surface area contributed by atoms with Gasteiger partial charge in [0.2, 0.25) is 15.9 Å². The summed E-state index contributed by atoms with van der Waals surface area (Å²) in [5.41, 5.74) is 2.39. The lowest BCUT2D eigenvalue weighted by Gasteiger charge is -2.27. The van der Waals surface area contributed by atoms with Gasteiger partial charge in [0.25, 0.3) is 5.91 Å². The third-order valence-corrected chi connectivity index (χ3v) is 8.46. The van der Waals surface area contributed by atoms with E-state index in [1.54, 1.807) is 30.3 Å². The third kappa shape index (κ3) is 4.55. The highest BCUT2D eigenvalue weighted by Crippen LogP contribution is 2.30. The van der Waals surface area contributed by atoms with E-state index in [0.717, 1.165) is 26.8 Å². The van der Waals surface area contributed by atoms with E-state index < -0.39 is 27.9 Å². The van der Waals surface area contributed by atoms with Crippen molar-refractivity contribution in [2.45, 2.75) is 30.7 Å². The van der Waals surface area contributed by atoms with Gasteiger partial charge in [0.05, 0.1) is 17.0 Å². The number of amides is 2. The van der Waals surface area contributed by atoms with Crippen molar-refractivity contribution < 1.29 is 18.0 Å². The van der Waals surface area contributed by atoms with E-state index in [2.05, 4.69) is 0 Å². The summed E-state index contributed by atoms with van der Waals surface area (Å²) < 4.78 is 29.1. The molecule has 4 aromatic rings. The number of hydrogen-bond acceptors (Lipinski definition) is 4. The molecule has 1 atom stereocenters. The van der Waals surface area contributed by atoms with Crippen LogP contribution in [0.25, 0.3) is 10.8 Å². The second kappa shape index (κ2) is 9.68. The van der Waals surface area contributed by atoms with Crippen LogP contribution in [0.4, 0.5) is 5.69 Å². The Bertz CT molecular complexity index is 1530. The Kier molecular flexibility index (Phi) is 6.43. The van der Waals surface area contributed by atoms with Crippen molar-refractivity contribution in [2.24, 2.45) is 0 Å². The quantitative estimate of drug-likeness (QED) is 0.346. The molecule has 0 N–H and O–H groups in total. The van der Waals surface area contributed by atoms with Gasteiger partial charge in [-0.3, -0.25) is 9.59 Å². The van der Waals surface area contributed by atoms with Gasteiger partial charge >= 0.3 is 0 Å². The van der Waals surface area contributed by atoms with Crippen molar-refractivity contribution in [1.82, 2.24) is 4.31 Å². The van der Waals surface area contributed by atoms with Crippen molar-refractivity contribution in [3.05, 3.63) is 108 Å². The third-order valence-electron chi connectivity index (χ3n) is 6.55. The molecule has 1 saturated heterocycles. The first-order valence-corrected chi connectivity index (χ1v) is 13.3. The fourth-order valence-corrected chi connectivity index (χ4v) is 6.21. The average Bonchev–Trinajstić information content (AvgIpc) is 3.18. The van der Waals surface area contributed by atoms with Crippen molar-refractivity contribution in [3.63, 3.8) is 0 Å². The Morgan fingerprint density at radius 2 is 1.50 bits per heavy atom. The Hall–Kier alpha value is -3.81. The molecule has 4 aromatic carbocycles. The Morgan fingerprint density at radius 3 is 2.22 bits per heavy atom. The number of anilines is 1. The highest BCUT2D eigenvalue weighted by atomic mass is 32.2. The van der Waals surface area contributed by atoms with Crippen LogP contribution in [0.3, 0.4) is 0 Å². The number of carbonyl (C=O) groups excluding carboxylic acids is 2. The second-order valence-corrected chi connectivity index (χ2v) is 10.9. The largest absolute Gasteiger partial charge is 0.274 e. The molecule has 0 aliphatic carbocycles. The van der Waals surface area contributed by atoms with Crippen LogP contribution in [-0.2, 0) is 26.0 Å². The Balaban J connectivity index is 1.53. The van der Waals surface area contributed by atoms with Crippen LogP contribution in [0.2, 0.25) is 0 Å². The van der Waals surface area contributed by atoms with Gasteiger partial charge in [-0.1, -0.05) is 78.4 Å². The van der Waals surface area contributed by atoms with Crippen LogP contribution >= 0.6 is 0 Å². The van der Waals surface area contributed by atoms with Gasteiger partial charge in [-0.25, -0.2) is 13.3 Å². The standard InChI is InChI=1S/C29H26N2O4S/c1-21-11-14-25(15-12-21)31-28(32)20-27(29(31)33)30(18-17-22-7-3-2-4-8-22)36(34,35)26-16-13-23-9-5-6-10-24(23)19-26/h2-16,19,27H,17-18,20H2,1H3. The number of sulfonamides is 1. The Labute approximate surface area is 210 Å². The van der Waals surface area contributed by atoms with E-state index in [9.17, 15) is 18.0 Å². The summed E-state index contributed by atoms with van der Waals surface area (Å²) in [5.74, 6) is -0.937. The summed E-state index contributed by atoms with van der Waals surface area (Å²) in [4.78, 5) is 27.7. The number of aryl methyl sites for hydroxylation is 1. The molecule has 1 aliphatic heterocycles. The number of carbonyl (C=O) groups is 2. The highest BCUT2D eigenvalue weighted by molar-refractivity contribution is 7.89. The van der Waals surface area contributed by atoms with E-state index in [4.69, 9.17) is 0 Å². The zero-order chi connectivity index (χ0) is 25.3. The molecule has 0 saturated carbocycles. The van der Waals surface area contributed by atoms with Gasteiger partial charge < -0.3 is 0 Å². The van der Waals surface area contributed by atoms with Crippen LogP contribution in [0, 0.1) is 6.92 Å². The van der Waals surface area contributed by atoms with E-state index in [0.29, 0.717) is 12.1 Å². The molecule has 5 rings (SSSR count). The van der Waals surface area contributed by atoms with Crippen molar-refractivity contribution in [3.8, 4) is 0 Å². The molecule has 0 aromatic heterocycles. The summed E-state index contributed by atoms with van der Waals surface area (Å²) in [6, 6.07) is 27.9. The van der Waals surface area contributed by atoms with Crippen molar-refractivity contribution in [2.75, 3.05) is 11.4 Å². The van der Waals surface area contributed by atoms with Gasteiger partial charge in [0.1, 0.15) is 6.04 Å². The predicted molar refractivity (Wildman–Crippen MR) is 140 cm³/mol. The van der Waals surface area contributed by atoms with Crippen molar-refractivity contribution in [1.29, 1.82) is 0 Å². The molecule has 1 heterocycles.